The molecule has 0 aliphatic heterocycles. The largest absolute Gasteiger partial charge is 0.357 e. The first-order chi connectivity index (χ1) is 12.1. The summed E-state index contributed by atoms with van der Waals surface area (Å²) in [5.41, 5.74) is 4.92. The Morgan fingerprint density at radius 3 is 2.64 bits per heavy atom. The number of nitrogens with zero attached hydrogens (tertiary/aromatic N) is 3. The third kappa shape index (κ3) is 4.21. The van der Waals surface area contributed by atoms with Crippen LogP contribution in [0.4, 0.5) is 0 Å². The molecule has 1 fully saturated rings. The molecule has 0 radical (unpaired) electrons. The zero-order valence-corrected chi connectivity index (χ0v) is 15.7. The van der Waals surface area contributed by atoms with Crippen LogP contribution in [0.2, 0.25) is 0 Å². The van der Waals surface area contributed by atoms with Crippen LogP contribution < -0.4 is 10.6 Å². The van der Waals surface area contributed by atoms with Gasteiger partial charge in [-0.05, 0) is 44.6 Å². The van der Waals surface area contributed by atoms with E-state index < -0.39 is 0 Å². The molecule has 0 saturated heterocycles. The molecule has 1 aliphatic rings. The average Bonchev–Trinajstić information content (AvgIpc) is 3.35. The highest BCUT2D eigenvalue weighted by Crippen LogP contribution is 2.46. The molecule has 3 rings (SSSR count). The Labute approximate surface area is 150 Å². The standard InChI is InChI=1S/C20H29N5/c1-5-21-20(23-13-19-14(2)24-25(4)15(19)3)22-12-17-11-18(17)16-9-7-6-8-10-16/h6-10,17-18H,5,11-13H2,1-4H3,(H2,21,22,23). The molecule has 25 heavy (non-hydrogen) atoms. The van der Waals surface area contributed by atoms with Crippen molar-refractivity contribution in [2.45, 2.75) is 39.7 Å². The van der Waals surface area contributed by atoms with Gasteiger partial charge >= 0.3 is 0 Å². The van der Waals surface area contributed by atoms with Crippen molar-refractivity contribution in [1.29, 1.82) is 0 Å². The van der Waals surface area contributed by atoms with Crippen LogP contribution in [0, 0.1) is 19.8 Å². The number of guanidine groups is 1. The van der Waals surface area contributed by atoms with E-state index in [2.05, 4.69) is 59.9 Å². The minimum atomic E-state index is 0.660. The number of hydrogen-bond acceptors (Lipinski definition) is 2. The van der Waals surface area contributed by atoms with E-state index in [1.165, 1.54) is 23.2 Å². The predicted molar refractivity (Wildman–Crippen MR) is 103 cm³/mol. The first-order valence-electron chi connectivity index (χ1n) is 9.16. The van der Waals surface area contributed by atoms with Gasteiger partial charge in [-0.25, -0.2) is 4.99 Å². The van der Waals surface area contributed by atoms with E-state index >= 15 is 0 Å². The van der Waals surface area contributed by atoms with E-state index in [1.807, 2.05) is 18.7 Å². The van der Waals surface area contributed by atoms with Gasteiger partial charge in [-0.15, -0.1) is 0 Å². The van der Waals surface area contributed by atoms with E-state index in [1.54, 1.807) is 0 Å². The first kappa shape index (κ1) is 17.5. The van der Waals surface area contributed by atoms with Gasteiger partial charge < -0.3 is 10.6 Å². The number of rotatable bonds is 6. The molecule has 1 saturated carbocycles. The molecular formula is C20H29N5. The van der Waals surface area contributed by atoms with Gasteiger partial charge in [0.2, 0.25) is 0 Å². The molecule has 2 aromatic rings. The van der Waals surface area contributed by atoms with Gasteiger partial charge in [0.1, 0.15) is 0 Å². The Bertz CT molecular complexity index is 732. The van der Waals surface area contributed by atoms with E-state index in [-0.39, 0.29) is 0 Å². The number of benzene rings is 1. The van der Waals surface area contributed by atoms with Crippen LogP contribution >= 0.6 is 0 Å². The molecule has 5 heteroatoms. The van der Waals surface area contributed by atoms with Gasteiger partial charge in [0.05, 0.1) is 12.2 Å². The highest BCUT2D eigenvalue weighted by molar-refractivity contribution is 5.79. The second-order valence-corrected chi connectivity index (χ2v) is 6.86. The molecule has 5 nitrogen and oxygen atoms in total. The SMILES string of the molecule is CCNC(=NCc1c(C)nn(C)c1C)NCC1CC1c1ccccc1. The Hall–Kier alpha value is -2.30. The van der Waals surface area contributed by atoms with Crippen LogP contribution in [0.3, 0.4) is 0 Å². The van der Waals surface area contributed by atoms with Crippen molar-refractivity contribution in [2.24, 2.45) is 18.0 Å². The number of aliphatic imine (C=N–C) groups is 1. The molecule has 2 unspecified atom stereocenters. The molecule has 0 bridgehead atoms. The topological polar surface area (TPSA) is 54.2 Å². The Balaban J connectivity index is 1.57. The fourth-order valence-electron chi connectivity index (χ4n) is 3.36. The van der Waals surface area contributed by atoms with Gasteiger partial charge in [-0.2, -0.15) is 5.10 Å². The van der Waals surface area contributed by atoms with Crippen LogP contribution in [0.1, 0.15) is 41.8 Å². The lowest BCUT2D eigenvalue weighted by atomic mass is 10.1. The molecular weight excluding hydrogens is 310 g/mol. The Morgan fingerprint density at radius 2 is 2.00 bits per heavy atom. The normalized spacial score (nSPS) is 19.8. The van der Waals surface area contributed by atoms with Crippen molar-refractivity contribution in [1.82, 2.24) is 20.4 Å². The average molecular weight is 339 g/mol. The van der Waals surface area contributed by atoms with Crippen molar-refractivity contribution in [2.75, 3.05) is 13.1 Å². The monoisotopic (exact) mass is 339 g/mol. The summed E-state index contributed by atoms with van der Waals surface area (Å²) in [5, 5.41) is 11.3. The van der Waals surface area contributed by atoms with E-state index in [9.17, 15) is 0 Å². The molecule has 2 N–H and O–H groups in total. The van der Waals surface area contributed by atoms with Crippen LogP contribution in [-0.2, 0) is 13.6 Å². The van der Waals surface area contributed by atoms with Gasteiger partial charge in [-0.3, -0.25) is 4.68 Å². The van der Waals surface area contributed by atoms with Crippen LogP contribution in [0.15, 0.2) is 35.3 Å². The molecule has 0 spiro atoms. The van der Waals surface area contributed by atoms with Crippen molar-refractivity contribution in [3.63, 3.8) is 0 Å². The van der Waals surface area contributed by atoms with E-state index in [0.29, 0.717) is 18.4 Å². The third-order valence-corrected chi connectivity index (χ3v) is 5.08. The summed E-state index contributed by atoms with van der Waals surface area (Å²) in [6.07, 6.45) is 1.26. The maximum atomic E-state index is 4.76. The maximum Gasteiger partial charge on any atom is 0.191 e. The van der Waals surface area contributed by atoms with Gasteiger partial charge in [0, 0.05) is 31.4 Å². The maximum absolute atomic E-state index is 4.76. The quantitative estimate of drug-likeness (QED) is 0.628. The van der Waals surface area contributed by atoms with Crippen molar-refractivity contribution < 1.29 is 0 Å². The molecule has 1 heterocycles. The van der Waals surface area contributed by atoms with Gasteiger partial charge in [0.25, 0.3) is 0 Å². The highest BCUT2D eigenvalue weighted by atomic mass is 15.3. The molecule has 1 aromatic heterocycles. The second kappa shape index (κ2) is 7.72. The predicted octanol–water partition coefficient (Wildman–Crippen LogP) is 2.90. The van der Waals surface area contributed by atoms with Crippen LogP contribution in [0.25, 0.3) is 0 Å². The summed E-state index contributed by atoms with van der Waals surface area (Å²) in [6.45, 7) is 8.74. The van der Waals surface area contributed by atoms with Crippen molar-refractivity contribution >= 4 is 5.96 Å². The molecule has 1 aromatic carbocycles. The Kier molecular flexibility index (Phi) is 5.41. The first-order valence-corrected chi connectivity index (χ1v) is 9.16. The third-order valence-electron chi connectivity index (χ3n) is 5.08. The van der Waals surface area contributed by atoms with E-state index in [4.69, 9.17) is 4.99 Å². The Morgan fingerprint density at radius 1 is 1.24 bits per heavy atom. The molecule has 134 valence electrons. The van der Waals surface area contributed by atoms with E-state index in [0.717, 1.165) is 24.7 Å². The van der Waals surface area contributed by atoms with Gasteiger partial charge in [0.15, 0.2) is 5.96 Å². The smallest absolute Gasteiger partial charge is 0.191 e. The van der Waals surface area contributed by atoms with Crippen molar-refractivity contribution in [3.8, 4) is 0 Å². The van der Waals surface area contributed by atoms with Crippen LogP contribution in [0.5, 0.6) is 0 Å². The molecule has 0 amide bonds. The number of hydrogen-bond donors (Lipinski definition) is 2. The molecule has 1 aliphatic carbocycles. The number of aromatic nitrogens is 2. The minimum absolute atomic E-state index is 0.660. The van der Waals surface area contributed by atoms with Gasteiger partial charge in [-0.1, -0.05) is 30.3 Å². The van der Waals surface area contributed by atoms with Crippen LogP contribution in [-0.4, -0.2) is 28.8 Å². The summed E-state index contributed by atoms with van der Waals surface area (Å²) in [6, 6.07) is 10.8. The number of aryl methyl sites for hydroxylation is 2. The molecule has 2 atom stereocenters. The lowest BCUT2D eigenvalue weighted by molar-refractivity contribution is 0.719. The lowest BCUT2D eigenvalue weighted by Gasteiger charge is -2.11. The number of nitrogens with one attached hydrogen (secondary N) is 2. The summed E-state index contributed by atoms with van der Waals surface area (Å²) >= 11 is 0. The highest BCUT2D eigenvalue weighted by Gasteiger charge is 2.37. The summed E-state index contributed by atoms with van der Waals surface area (Å²) in [5.74, 6) is 2.29. The zero-order valence-electron chi connectivity index (χ0n) is 15.7. The summed E-state index contributed by atoms with van der Waals surface area (Å²) in [7, 11) is 1.98. The fourth-order valence-corrected chi connectivity index (χ4v) is 3.36. The minimum Gasteiger partial charge on any atom is -0.357 e. The second-order valence-electron chi connectivity index (χ2n) is 6.86. The summed E-state index contributed by atoms with van der Waals surface area (Å²) < 4.78 is 1.93. The fraction of sp³-hybridized carbons (Fsp3) is 0.500. The zero-order chi connectivity index (χ0) is 17.8. The van der Waals surface area contributed by atoms with Crippen molar-refractivity contribution in [3.05, 3.63) is 52.8 Å². The lowest BCUT2D eigenvalue weighted by Crippen LogP contribution is -2.38. The summed E-state index contributed by atoms with van der Waals surface area (Å²) in [4.78, 5) is 4.76.